The molecule has 17 heavy (non-hydrogen) atoms. The lowest BCUT2D eigenvalue weighted by atomic mass is 10.2. The predicted molar refractivity (Wildman–Crippen MR) is 60.7 cm³/mol. The molecule has 1 aromatic rings. The fourth-order valence-corrected chi connectivity index (χ4v) is 2.10. The summed E-state index contributed by atoms with van der Waals surface area (Å²) in [5.74, 6) is -1.75. The molecule has 92 valence electrons. The smallest absolute Gasteiger partial charge is 0.316 e. The summed E-state index contributed by atoms with van der Waals surface area (Å²) in [5.41, 5.74) is -0.165. The van der Waals surface area contributed by atoms with Gasteiger partial charge in [-0.05, 0) is 25.5 Å². The third kappa shape index (κ3) is 3.16. The Morgan fingerprint density at radius 2 is 2.18 bits per heavy atom. The second-order valence-electron chi connectivity index (χ2n) is 3.42. The Kier molecular flexibility index (Phi) is 4.06. The van der Waals surface area contributed by atoms with Crippen LogP contribution in [0.4, 0.5) is 10.1 Å². The lowest BCUT2D eigenvalue weighted by Crippen LogP contribution is -2.11. The minimum Gasteiger partial charge on any atom is -0.480 e. The maximum absolute atomic E-state index is 13.2. The van der Waals surface area contributed by atoms with Crippen LogP contribution in [-0.4, -0.2) is 21.2 Å². The average molecular weight is 259 g/mol. The van der Waals surface area contributed by atoms with Gasteiger partial charge in [0.1, 0.15) is 11.1 Å². The third-order valence-electron chi connectivity index (χ3n) is 2.09. The first-order chi connectivity index (χ1) is 7.82. The van der Waals surface area contributed by atoms with E-state index in [9.17, 15) is 19.3 Å². The number of aliphatic carboxylic acids is 1. The summed E-state index contributed by atoms with van der Waals surface area (Å²) in [6.45, 7) is 2.88. The Labute approximate surface area is 101 Å². The molecule has 0 heterocycles. The monoisotopic (exact) mass is 259 g/mol. The molecule has 0 amide bonds. The Morgan fingerprint density at radius 1 is 1.59 bits per heavy atom. The maximum Gasteiger partial charge on any atom is 0.316 e. The van der Waals surface area contributed by atoms with Crippen molar-refractivity contribution in [1.82, 2.24) is 0 Å². The summed E-state index contributed by atoms with van der Waals surface area (Å²) in [5, 5.41) is 18.6. The van der Waals surface area contributed by atoms with Gasteiger partial charge in [-0.25, -0.2) is 4.39 Å². The zero-order valence-corrected chi connectivity index (χ0v) is 9.95. The molecule has 0 radical (unpaired) electrons. The van der Waals surface area contributed by atoms with Crippen molar-refractivity contribution < 1.29 is 19.2 Å². The molecule has 0 aliphatic carbocycles. The normalized spacial score (nSPS) is 12.2. The summed E-state index contributed by atoms with van der Waals surface area (Å²) in [7, 11) is 0. The van der Waals surface area contributed by atoms with Gasteiger partial charge in [-0.2, -0.15) is 0 Å². The molecule has 0 saturated carbocycles. The highest BCUT2D eigenvalue weighted by Gasteiger charge is 2.22. The van der Waals surface area contributed by atoms with Crippen LogP contribution in [0.25, 0.3) is 0 Å². The second-order valence-corrected chi connectivity index (χ2v) is 4.81. The minimum absolute atomic E-state index is 0.156. The average Bonchev–Trinajstić information content (AvgIpc) is 2.22. The van der Waals surface area contributed by atoms with Gasteiger partial charge in [0.25, 0.3) is 5.69 Å². The van der Waals surface area contributed by atoms with Gasteiger partial charge in [0.05, 0.1) is 15.9 Å². The van der Waals surface area contributed by atoms with Crippen LogP contribution in [0.15, 0.2) is 17.0 Å². The third-order valence-corrected chi connectivity index (χ3v) is 3.22. The molecule has 0 spiro atoms. The van der Waals surface area contributed by atoms with Gasteiger partial charge < -0.3 is 5.11 Å². The summed E-state index contributed by atoms with van der Waals surface area (Å²) in [6.07, 6.45) is 0. The van der Waals surface area contributed by atoms with Crippen molar-refractivity contribution in [2.45, 2.75) is 24.0 Å². The number of aryl methyl sites for hydroxylation is 1. The number of nitrogens with zero attached hydrogens (tertiary/aromatic N) is 1. The molecule has 0 saturated heterocycles. The van der Waals surface area contributed by atoms with Crippen molar-refractivity contribution in [2.24, 2.45) is 0 Å². The van der Waals surface area contributed by atoms with Crippen molar-refractivity contribution >= 4 is 23.4 Å². The van der Waals surface area contributed by atoms with Crippen molar-refractivity contribution in [3.05, 3.63) is 33.6 Å². The standard InChI is InChI=1S/C10H10FNO4S/c1-5-3-9(17-6(2)10(13)14)8(12(15)16)4-7(5)11/h3-4,6H,1-2H3,(H,13,14). The van der Waals surface area contributed by atoms with Gasteiger partial charge in [-0.1, -0.05) is 0 Å². The fraction of sp³-hybridized carbons (Fsp3) is 0.300. The number of thioether (sulfide) groups is 1. The molecule has 7 heteroatoms. The molecule has 0 aromatic heterocycles. The highest BCUT2D eigenvalue weighted by atomic mass is 32.2. The summed E-state index contributed by atoms with van der Waals surface area (Å²) < 4.78 is 13.2. The van der Waals surface area contributed by atoms with Crippen LogP contribution in [-0.2, 0) is 4.79 Å². The Morgan fingerprint density at radius 3 is 2.65 bits per heavy atom. The van der Waals surface area contributed by atoms with E-state index in [0.717, 1.165) is 17.8 Å². The van der Waals surface area contributed by atoms with E-state index in [-0.39, 0.29) is 10.5 Å². The number of carboxylic acid groups (broad SMARTS) is 1. The first-order valence-corrected chi connectivity index (χ1v) is 5.55. The van der Waals surface area contributed by atoms with E-state index >= 15 is 0 Å². The molecule has 0 fully saturated rings. The van der Waals surface area contributed by atoms with Gasteiger partial charge in [0.15, 0.2) is 0 Å². The topological polar surface area (TPSA) is 80.4 Å². The molecular formula is C10H10FNO4S. The molecule has 1 atom stereocenters. The highest BCUT2D eigenvalue weighted by molar-refractivity contribution is 8.00. The quantitative estimate of drug-likeness (QED) is 0.510. The summed E-state index contributed by atoms with van der Waals surface area (Å²) >= 11 is 0.822. The SMILES string of the molecule is Cc1cc(SC(C)C(=O)O)c([N+](=O)[O-])cc1F. The lowest BCUT2D eigenvalue weighted by molar-refractivity contribution is -0.387. The molecule has 0 aliphatic rings. The van der Waals surface area contributed by atoms with E-state index < -0.39 is 27.6 Å². The van der Waals surface area contributed by atoms with Crippen LogP contribution >= 0.6 is 11.8 Å². The fourth-order valence-electron chi connectivity index (χ4n) is 1.12. The van der Waals surface area contributed by atoms with E-state index in [1.54, 1.807) is 0 Å². The number of rotatable bonds is 4. The number of carboxylic acids is 1. The molecule has 1 unspecified atom stereocenters. The summed E-state index contributed by atoms with van der Waals surface area (Å²) in [6, 6.07) is 2.10. The van der Waals surface area contributed by atoms with Crippen LogP contribution in [0.2, 0.25) is 0 Å². The van der Waals surface area contributed by atoms with E-state index in [1.807, 2.05) is 0 Å². The van der Waals surface area contributed by atoms with E-state index in [1.165, 1.54) is 19.9 Å². The number of nitro groups is 1. The van der Waals surface area contributed by atoms with Crippen molar-refractivity contribution in [3.8, 4) is 0 Å². The Hall–Kier alpha value is -1.63. The van der Waals surface area contributed by atoms with Gasteiger partial charge in [-0.15, -0.1) is 11.8 Å². The van der Waals surface area contributed by atoms with Gasteiger partial charge >= 0.3 is 5.97 Å². The summed E-state index contributed by atoms with van der Waals surface area (Å²) in [4.78, 5) is 20.8. The minimum atomic E-state index is -1.08. The molecule has 1 N–H and O–H groups in total. The van der Waals surface area contributed by atoms with E-state index in [4.69, 9.17) is 5.11 Å². The van der Waals surface area contributed by atoms with Gasteiger partial charge in [0, 0.05) is 0 Å². The van der Waals surface area contributed by atoms with Crippen LogP contribution in [0, 0.1) is 22.9 Å². The number of halogens is 1. The highest BCUT2D eigenvalue weighted by Crippen LogP contribution is 2.34. The number of carbonyl (C=O) groups is 1. The van der Waals surface area contributed by atoms with Crippen molar-refractivity contribution in [2.75, 3.05) is 0 Å². The zero-order valence-electron chi connectivity index (χ0n) is 9.14. The number of hydrogen-bond donors (Lipinski definition) is 1. The van der Waals surface area contributed by atoms with Crippen LogP contribution in [0.1, 0.15) is 12.5 Å². The second kappa shape index (κ2) is 5.13. The van der Waals surface area contributed by atoms with Crippen LogP contribution < -0.4 is 0 Å². The largest absolute Gasteiger partial charge is 0.480 e. The van der Waals surface area contributed by atoms with Crippen molar-refractivity contribution in [3.63, 3.8) is 0 Å². The maximum atomic E-state index is 13.2. The van der Waals surface area contributed by atoms with Crippen LogP contribution in [0.3, 0.4) is 0 Å². The van der Waals surface area contributed by atoms with Gasteiger partial charge in [0.2, 0.25) is 0 Å². The number of hydrogen-bond acceptors (Lipinski definition) is 4. The Balaban J connectivity index is 3.17. The molecule has 1 rings (SSSR count). The van der Waals surface area contributed by atoms with E-state index in [2.05, 4.69) is 0 Å². The first kappa shape index (κ1) is 13.4. The number of nitro benzene ring substituents is 1. The zero-order chi connectivity index (χ0) is 13.2. The molecule has 0 aliphatic heterocycles. The number of benzene rings is 1. The lowest BCUT2D eigenvalue weighted by Gasteiger charge is -2.08. The molecular weight excluding hydrogens is 249 g/mol. The van der Waals surface area contributed by atoms with Crippen molar-refractivity contribution in [1.29, 1.82) is 0 Å². The molecule has 5 nitrogen and oxygen atoms in total. The Bertz CT molecular complexity index is 478. The molecule has 0 bridgehead atoms. The molecule has 1 aromatic carbocycles. The predicted octanol–water partition coefficient (Wildman–Crippen LogP) is 2.61. The van der Waals surface area contributed by atoms with Crippen LogP contribution in [0.5, 0.6) is 0 Å². The van der Waals surface area contributed by atoms with E-state index in [0.29, 0.717) is 0 Å². The van der Waals surface area contributed by atoms with Gasteiger partial charge in [-0.3, -0.25) is 14.9 Å². The first-order valence-electron chi connectivity index (χ1n) is 4.67.